The Morgan fingerprint density at radius 3 is 2.69 bits per heavy atom. The third-order valence-corrected chi connectivity index (χ3v) is 2.43. The monoisotopic (exact) mass is 214 g/mol. The molecule has 0 fully saturated rings. The largest absolute Gasteiger partial charge is 0.450 e. The van der Waals surface area contributed by atoms with Gasteiger partial charge in [0.25, 0.3) is 0 Å². The molecule has 0 amide bonds. The van der Waals surface area contributed by atoms with Gasteiger partial charge in [0.2, 0.25) is 0 Å². The summed E-state index contributed by atoms with van der Waals surface area (Å²) in [6.45, 7) is 0. The van der Waals surface area contributed by atoms with Crippen LogP contribution in [0.2, 0.25) is 10.0 Å². The molecule has 0 radical (unpaired) electrons. The molecule has 0 aliphatic heterocycles. The topological polar surface area (TPSA) is 30.2 Å². The molecule has 1 heterocycles. The van der Waals surface area contributed by atoms with E-state index >= 15 is 0 Å². The number of carbonyl (C=O) groups excluding carboxylic acids is 1. The lowest BCUT2D eigenvalue weighted by atomic mass is 10.2. The van der Waals surface area contributed by atoms with Crippen LogP contribution in [0.1, 0.15) is 10.6 Å². The summed E-state index contributed by atoms with van der Waals surface area (Å²) in [6.07, 6.45) is 0.568. The fourth-order valence-electron chi connectivity index (χ4n) is 1.15. The number of para-hydroxylation sites is 1. The molecule has 0 saturated heterocycles. The summed E-state index contributed by atoms with van der Waals surface area (Å²) in [6, 6.07) is 5.18. The average Bonchev–Trinajstić information content (AvgIpc) is 2.45. The lowest BCUT2D eigenvalue weighted by Gasteiger charge is -1.89. The van der Waals surface area contributed by atoms with Crippen molar-refractivity contribution >= 4 is 40.5 Å². The molecular weight excluding hydrogens is 211 g/mol. The Balaban J connectivity index is 2.91. The van der Waals surface area contributed by atoms with Gasteiger partial charge in [-0.15, -0.1) is 0 Å². The quantitative estimate of drug-likeness (QED) is 0.680. The zero-order chi connectivity index (χ0) is 9.42. The van der Waals surface area contributed by atoms with Crippen molar-refractivity contribution in [3.8, 4) is 0 Å². The van der Waals surface area contributed by atoms with Gasteiger partial charge in [0.05, 0.1) is 10.0 Å². The molecule has 0 aliphatic carbocycles. The highest BCUT2D eigenvalue weighted by atomic mass is 35.5. The Hall–Kier alpha value is -0.990. The highest BCUT2D eigenvalue weighted by Gasteiger charge is 2.12. The summed E-state index contributed by atoms with van der Waals surface area (Å²) in [4.78, 5) is 10.5. The van der Waals surface area contributed by atoms with E-state index in [1.54, 1.807) is 18.2 Å². The van der Waals surface area contributed by atoms with E-state index < -0.39 is 0 Å². The van der Waals surface area contributed by atoms with Crippen molar-refractivity contribution in [2.45, 2.75) is 0 Å². The van der Waals surface area contributed by atoms with Crippen molar-refractivity contribution in [2.24, 2.45) is 0 Å². The first kappa shape index (κ1) is 8.60. The van der Waals surface area contributed by atoms with E-state index in [9.17, 15) is 4.79 Å². The average molecular weight is 215 g/mol. The molecule has 1 aromatic heterocycles. The summed E-state index contributed by atoms with van der Waals surface area (Å²) in [5.41, 5.74) is 0.455. The molecule has 0 spiro atoms. The number of hydrogen-bond donors (Lipinski definition) is 0. The van der Waals surface area contributed by atoms with E-state index in [2.05, 4.69) is 0 Å². The molecule has 0 aliphatic rings. The molecular formula is C9H4Cl2O2. The zero-order valence-electron chi connectivity index (χ0n) is 6.38. The fraction of sp³-hybridized carbons (Fsp3) is 0. The summed E-state index contributed by atoms with van der Waals surface area (Å²) in [7, 11) is 0. The second-order valence-electron chi connectivity index (χ2n) is 2.51. The van der Waals surface area contributed by atoms with Gasteiger partial charge in [-0.1, -0.05) is 29.3 Å². The lowest BCUT2D eigenvalue weighted by Crippen LogP contribution is -1.70. The Labute approximate surface area is 84.0 Å². The van der Waals surface area contributed by atoms with Crippen LogP contribution in [0.25, 0.3) is 11.0 Å². The van der Waals surface area contributed by atoms with Gasteiger partial charge in [-0.05, 0) is 12.1 Å². The first-order valence-electron chi connectivity index (χ1n) is 3.55. The van der Waals surface area contributed by atoms with Gasteiger partial charge in [0, 0.05) is 5.39 Å². The Morgan fingerprint density at radius 1 is 1.31 bits per heavy atom. The SMILES string of the molecule is O=Cc1oc2c(Cl)cccc2c1Cl. The van der Waals surface area contributed by atoms with Gasteiger partial charge < -0.3 is 4.42 Å². The minimum absolute atomic E-state index is 0.116. The summed E-state index contributed by atoms with van der Waals surface area (Å²) in [5, 5.41) is 1.43. The highest BCUT2D eigenvalue weighted by Crippen LogP contribution is 2.33. The number of carbonyl (C=O) groups is 1. The van der Waals surface area contributed by atoms with E-state index in [1.807, 2.05) is 0 Å². The number of hydrogen-bond acceptors (Lipinski definition) is 2. The van der Waals surface area contributed by atoms with Crippen molar-refractivity contribution in [2.75, 3.05) is 0 Å². The number of furan rings is 1. The van der Waals surface area contributed by atoms with Crippen molar-refractivity contribution in [1.29, 1.82) is 0 Å². The Morgan fingerprint density at radius 2 is 2.08 bits per heavy atom. The molecule has 2 aromatic rings. The molecule has 13 heavy (non-hydrogen) atoms. The molecule has 4 heteroatoms. The number of aldehydes is 1. The van der Waals surface area contributed by atoms with Crippen LogP contribution in [0.15, 0.2) is 22.6 Å². The second kappa shape index (κ2) is 3.05. The lowest BCUT2D eigenvalue weighted by molar-refractivity contribution is 0.110. The van der Waals surface area contributed by atoms with E-state index in [1.165, 1.54) is 0 Å². The smallest absolute Gasteiger partial charge is 0.186 e. The van der Waals surface area contributed by atoms with E-state index in [0.717, 1.165) is 0 Å². The molecule has 2 nitrogen and oxygen atoms in total. The third kappa shape index (κ3) is 1.23. The van der Waals surface area contributed by atoms with Crippen LogP contribution in [-0.2, 0) is 0 Å². The molecule has 66 valence electrons. The van der Waals surface area contributed by atoms with Crippen molar-refractivity contribution < 1.29 is 9.21 Å². The summed E-state index contributed by atoms with van der Waals surface area (Å²) < 4.78 is 5.15. The minimum atomic E-state index is 0.116. The molecule has 0 unspecified atom stereocenters. The van der Waals surface area contributed by atoms with Crippen LogP contribution < -0.4 is 0 Å². The van der Waals surface area contributed by atoms with Crippen LogP contribution in [0.4, 0.5) is 0 Å². The van der Waals surface area contributed by atoms with Gasteiger partial charge >= 0.3 is 0 Å². The van der Waals surface area contributed by atoms with Crippen LogP contribution in [0.3, 0.4) is 0 Å². The van der Waals surface area contributed by atoms with Gasteiger partial charge in [-0.25, -0.2) is 0 Å². The third-order valence-electron chi connectivity index (χ3n) is 1.74. The number of fused-ring (bicyclic) bond motifs is 1. The molecule has 0 atom stereocenters. The predicted molar refractivity (Wildman–Crippen MR) is 51.6 cm³/mol. The van der Waals surface area contributed by atoms with Gasteiger partial charge in [-0.3, -0.25) is 4.79 Å². The predicted octanol–water partition coefficient (Wildman–Crippen LogP) is 3.55. The molecule has 2 rings (SSSR count). The highest BCUT2D eigenvalue weighted by molar-refractivity contribution is 6.40. The molecule has 0 saturated carbocycles. The van der Waals surface area contributed by atoms with Crippen molar-refractivity contribution in [3.05, 3.63) is 34.0 Å². The van der Waals surface area contributed by atoms with E-state index in [4.69, 9.17) is 27.6 Å². The molecule has 0 N–H and O–H groups in total. The summed E-state index contributed by atoms with van der Waals surface area (Å²) in [5.74, 6) is 0.116. The maximum Gasteiger partial charge on any atom is 0.186 e. The fourth-order valence-corrected chi connectivity index (χ4v) is 1.59. The number of rotatable bonds is 1. The van der Waals surface area contributed by atoms with Gasteiger partial charge in [-0.2, -0.15) is 0 Å². The Kier molecular flexibility index (Phi) is 2.02. The molecule has 1 aromatic carbocycles. The number of halogens is 2. The van der Waals surface area contributed by atoms with Crippen LogP contribution in [0, 0.1) is 0 Å². The second-order valence-corrected chi connectivity index (χ2v) is 3.30. The Bertz CT molecular complexity index is 474. The minimum Gasteiger partial charge on any atom is -0.450 e. The zero-order valence-corrected chi connectivity index (χ0v) is 7.89. The first-order chi connectivity index (χ1) is 6.24. The summed E-state index contributed by atoms with van der Waals surface area (Å²) >= 11 is 11.7. The first-order valence-corrected chi connectivity index (χ1v) is 4.31. The van der Waals surface area contributed by atoms with Crippen LogP contribution in [0.5, 0.6) is 0 Å². The van der Waals surface area contributed by atoms with E-state index in [-0.39, 0.29) is 5.76 Å². The maximum atomic E-state index is 10.5. The van der Waals surface area contributed by atoms with Crippen LogP contribution >= 0.6 is 23.2 Å². The van der Waals surface area contributed by atoms with Crippen molar-refractivity contribution in [3.63, 3.8) is 0 Å². The van der Waals surface area contributed by atoms with Crippen molar-refractivity contribution in [1.82, 2.24) is 0 Å². The van der Waals surface area contributed by atoms with Gasteiger partial charge in [0.15, 0.2) is 17.6 Å². The molecule has 0 bridgehead atoms. The van der Waals surface area contributed by atoms with E-state index in [0.29, 0.717) is 27.3 Å². The van der Waals surface area contributed by atoms with Gasteiger partial charge in [0.1, 0.15) is 0 Å². The normalized spacial score (nSPS) is 10.6. The number of benzene rings is 1. The standard InChI is InChI=1S/C9H4Cl2O2/c10-6-3-1-2-5-8(11)7(4-12)13-9(5)6/h1-4H. The van der Waals surface area contributed by atoms with Crippen LogP contribution in [-0.4, -0.2) is 6.29 Å². The maximum absolute atomic E-state index is 10.5.